The van der Waals surface area contributed by atoms with Gasteiger partial charge in [0.1, 0.15) is 5.82 Å². The van der Waals surface area contributed by atoms with Crippen LogP contribution >= 0.6 is 0 Å². The SMILES string of the molecule is C[C@@H](NC(=O)NCc1ccc(F)cc1)c1ccccn1. The Kier molecular flexibility index (Phi) is 4.65. The molecule has 2 aromatic rings. The third-order valence-corrected chi connectivity index (χ3v) is 2.85. The molecular weight excluding hydrogens is 257 g/mol. The molecule has 0 bridgehead atoms. The number of nitrogens with zero attached hydrogens (tertiary/aromatic N) is 1. The highest BCUT2D eigenvalue weighted by Gasteiger charge is 2.09. The summed E-state index contributed by atoms with van der Waals surface area (Å²) in [6, 6.07) is 11.1. The third kappa shape index (κ3) is 4.05. The fraction of sp³-hybridized carbons (Fsp3) is 0.200. The molecule has 1 atom stereocenters. The van der Waals surface area contributed by atoms with Crippen LogP contribution in [0.2, 0.25) is 0 Å². The number of halogens is 1. The first-order valence-electron chi connectivity index (χ1n) is 6.35. The molecule has 1 heterocycles. The van der Waals surface area contributed by atoms with E-state index in [2.05, 4.69) is 15.6 Å². The van der Waals surface area contributed by atoms with Gasteiger partial charge in [0.2, 0.25) is 0 Å². The molecular formula is C15H16FN3O. The van der Waals surface area contributed by atoms with Gasteiger partial charge in [0, 0.05) is 12.7 Å². The van der Waals surface area contributed by atoms with Crippen molar-refractivity contribution in [2.75, 3.05) is 0 Å². The summed E-state index contributed by atoms with van der Waals surface area (Å²) in [5.74, 6) is -0.290. The Bertz CT molecular complexity index is 557. The number of benzene rings is 1. The van der Waals surface area contributed by atoms with Gasteiger partial charge in [0.15, 0.2) is 0 Å². The van der Waals surface area contributed by atoms with Gasteiger partial charge >= 0.3 is 6.03 Å². The minimum atomic E-state index is -0.290. The highest BCUT2D eigenvalue weighted by molar-refractivity contribution is 5.74. The average Bonchev–Trinajstić information content (AvgIpc) is 2.47. The van der Waals surface area contributed by atoms with Crippen molar-refractivity contribution in [2.24, 2.45) is 0 Å². The Morgan fingerprint density at radius 3 is 2.65 bits per heavy atom. The van der Waals surface area contributed by atoms with Crippen LogP contribution in [-0.4, -0.2) is 11.0 Å². The van der Waals surface area contributed by atoms with Crippen LogP contribution in [0.5, 0.6) is 0 Å². The van der Waals surface area contributed by atoms with Gasteiger partial charge in [-0.3, -0.25) is 4.98 Å². The van der Waals surface area contributed by atoms with Gasteiger partial charge in [-0.15, -0.1) is 0 Å². The monoisotopic (exact) mass is 273 g/mol. The highest BCUT2D eigenvalue weighted by Crippen LogP contribution is 2.07. The number of pyridine rings is 1. The molecule has 0 saturated carbocycles. The van der Waals surface area contributed by atoms with Crippen molar-refractivity contribution in [3.8, 4) is 0 Å². The first kappa shape index (κ1) is 14.0. The standard InChI is InChI=1S/C15H16FN3O/c1-11(14-4-2-3-9-17-14)19-15(20)18-10-12-5-7-13(16)8-6-12/h2-9,11H,10H2,1H3,(H2,18,19,20)/t11-/m1/s1. The maximum atomic E-state index is 12.7. The molecule has 1 aromatic carbocycles. The van der Waals surface area contributed by atoms with E-state index in [4.69, 9.17) is 0 Å². The molecule has 104 valence electrons. The summed E-state index contributed by atoms with van der Waals surface area (Å²) < 4.78 is 12.7. The molecule has 0 aliphatic rings. The predicted octanol–water partition coefficient (Wildman–Crippen LogP) is 2.78. The first-order chi connectivity index (χ1) is 9.65. The lowest BCUT2D eigenvalue weighted by atomic mass is 10.2. The Labute approximate surface area is 117 Å². The average molecular weight is 273 g/mol. The van der Waals surface area contributed by atoms with Gasteiger partial charge in [-0.25, -0.2) is 9.18 Å². The largest absolute Gasteiger partial charge is 0.334 e. The number of hydrogen-bond acceptors (Lipinski definition) is 2. The molecule has 2 amide bonds. The topological polar surface area (TPSA) is 54.0 Å². The fourth-order valence-corrected chi connectivity index (χ4v) is 1.74. The molecule has 4 nitrogen and oxygen atoms in total. The molecule has 5 heteroatoms. The Hall–Kier alpha value is -2.43. The van der Waals surface area contributed by atoms with E-state index in [1.54, 1.807) is 18.3 Å². The van der Waals surface area contributed by atoms with Gasteiger partial charge in [-0.2, -0.15) is 0 Å². The first-order valence-corrected chi connectivity index (χ1v) is 6.35. The van der Waals surface area contributed by atoms with Crippen LogP contribution in [0, 0.1) is 5.82 Å². The zero-order chi connectivity index (χ0) is 14.4. The maximum Gasteiger partial charge on any atom is 0.315 e. The summed E-state index contributed by atoms with van der Waals surface area (Å²) in [7, 11) is 0. The van der Waals surface area contributed by atoms with E-state index >= 15 is 0 Å². The lowest BCUT2D eigenvalue weighted by Gasteiger charge is -2.14. The van der Waals surface area contributed by atoms with Crippen molar-refractivity contribution < 1.29 is 9.18 Å². The van der Waals surface area contributed by atoms with E-state index < -0.39 is 0 Å². The van der Waals surface area contributed by atoms with E-state index in [1.807, 2.05) is 25.1 Å². The van der Waals surface area contributed by atoms with E-state index in [1.165, 1.54) is 12.1 Å². The smallest absolute Gasteiger partial charge is 0.315 e. The maximum absolute atomic E-state index is 12.7. The summed E-state index contributed by atoms with van der Waals surface area (Å²) in [5.41, 5.74) is 1.64. The van der Waals surface area contributed by atoms with Crippen LogP contribution in [0.15, 0.2) is 48.7 Å². The number of carbonyl (C=O) groups excluding carboxylic acids is 1. The predicted molar refractivity (Wildman–Crippen MR) is 74.4 cm³/mol. The van der Waals surface area contributed by atoms with Gasteiger partial charge in [0.25, 0.3) is 0 Å². The molecule has 1 aromatic heterocycles. The lowest BCUT2D eigenvalue weighted by Crippen LogP contribution is -2.36. The molecule has 0 aliphatic carbocycles. The van der Waals surface area contributed by atoms with Crippen molar-refractivity contribution in [1.29, 1.82) is 0 Å². The molecule has 20 heavy (non-hydrogen) atoms. The van der Waals surface area contributed by atoms with Crippen molar-refractivity contribution in [1.82, 2.24) is 15.6 Å². The van der Waals surface area contributed by atoms with Gasteiger partial charge in [0.05, 0.1) is 11.7 Å². The number of rotatable bonds is 4. The van der Waals surface area contributed by atoms with E-state index in [0.717, 1.165) is 11.3 Å². The van der Waals surface area contributed by atoms with Crippen LogP contribution in [0.3, 0.4) is 0 Å². The number of nitrogens with one attached hydrogen (secondary N) is 2. The molecule has 2 N–H and O–H groups in total. The molecule has 2 rings (SSSR count). The Morgan fingerprint density at radius 1 is 1.25 bits per heavy atom. The summed E-state index contributed by atoms with van der Waals surface area (Å²) in [6.45, 7) is 2.21. The Morgan fingerprint density at radius 2 is 2.00 bits per heavy atom. The van der Waals surface area contributed by atoms with E-state index in [9.17, 15) is 9.18 Å². The molecule has 0 fully saturated rings. The summed E-state index contributed by atoms with van der Waals surface area (Å²) in [4.78, 5) is 15.9. The Balaban J connectivity index is 1.82. The van der Waals surface area contributed by atoms with Crippen molar-refractivity contribution in [2.45, 2.75) is 19.5 Å². The molecule has 0 aliphatic heterocycles. The second kappa shape index (κ2) is 6.65. The number of carbonyl (C=O) groups is 1. The second-order valence-corrected chi connectivity index (χ2v) is 4.43. The lowest BCUT2D eigenvalue weighted by molar-refractivity contribution is 0.237. The van der Waals surface area contributed by atoms with Gasteiger partial charge < -0.3 is 10.6 Å². The van der Waals surface area contributed by atoms with Crippen LogP contribution in [0.4, 0.5) is 9.18 Å². The summed E-state index contributed by atoms with van der Waals surface area (Å²) >= 11 is 0. The summed E-state index contributed by atoms with van der Waals surface area (Å²) in [6.07, 6.45) is 1.68. The van der Waals surface area contributed by atoms with Crippen molar-refractivity contribution in [3.63, 3.8) is 0 Å². The molecule has 0 saturated heterocycles. The van der Waals surface area contributed by atoms with Crippen LogP contribution in [0.25, 0.3) is 0 Å². The zero-order valence-corrected chi connectivity index (χ0v) is 11.1. The normalized spacial score (nSPS) is 11.7. The third-order valence-electron chi connectivity index (χ3n) is 2.85. The number of aromatic nitrogens is 1. The zero-order valence-electron chi connectivity index (χ0n) is 11.1. The minimum absolute atomic E-state index is 0.176. The number of urea groups is 1. The molecule has 0 unspecified atom stereocenters. The molecule has 0 radical (unpaired) electrons. The van der Waals surface area contributed by atoms with Crippen LogP contribution in [0.1, 0.15) is 24.2 Å². The second-order valence-electron chi connectivity index (χ2n) is 4.43. The molecule has 0 spiro atoms. The van der Waals surface area contributed by atoms with Crippen LogP contribution < -0.4 is 10.6 Å². The quantitative estimate of drug-likeness (QED) is 0.900. The summed E-state index contributed by atoms with van der Waals surface area (Å²) in [5, 5.41) is 5.51. The minimum Gasteiger partial charge on any atom is -0.334 e. The van der Waals surface area contributed by atoms with Gasteiger partial charge in [-0.1, -0.05) is 18.2 Å². The van der Waals surface area contributed by atoms with Gasteiger partial charge in [-0.05, 0) is 36.8 Å². The van der Waals surface area contributed by atoms with E-state index in [0.29, 0.717) is 6.54 Å². The van der Waals surface area contributed by atoms with Crippen LogP contribution in [-0.2, 0) is 6.54 Å². The van der Waals surface area contributed by atoms with Crippen molar-refractivity contribution >= 4 is 6.03 Å². The number of hydrogen-bond donors (Lipinski definition) is 2. The fourth-order valence-electron chi connectivity index (χ4n) is 1.74. The highest BCUT2D eigenvalue weighted by atomic mass is 19.1. The van der Waals surface area contributed by atoms with Crippen molar-refractivity contribution in [3.05, 3.63) is 65.7 Å². The number of amides is 2. The van der Waals surface area contributed by atoms with E-state index in [-0.39, 0.29) is 17.9 Å².